The Morgan fingerprint density at radius 1 is 1.16 bits per heavy atom. The van der Waals surface area contributed by atoms with Crippen molar-refractivity contribution in [1.29, 1.82) is 0 Å². The van der Waals surface area contributed by atoms with E-state index in [1.54, 1.807) is 0 Å². The van der Waals surface area contributed by atoms with Gasteiger partial charge in [-0.1, -0.05) is 15.9 Å². The molecule has 0 spiro atoms. The van der Waals surface area contributed by atoms with Crippen molar-refractivity contribution in [2.24, 2.45) is 5.73 Å². The van der Waals surface area contributed by atoms with E-state index in [-0.39, 0.29) is 0 Å². The fourth-order valence-electron chi connectivity index (χ4n) is 2.58. The Hall–Kier alpha value is -0.780. The van der Waals surface area contributed by atoms with Gasteiger partial charge in [-0.05, 0) is 43.6 Å². The second-order valence-corrected chi connectivity index (χ2v) is 6.06. The van der Waals surface area contributed by atoms with Crippen molar-refractivity contribution < 1.29 is 9.47 Å². The third kappa shape index (κ3) is 3.04. The maximum atomic E-state index is 5.94. The Balaban J connectivity index is 1.73. The molecule has 2 aliphatic heterocycles. The highest BCUT2D eigenvalue weighted by molar-refractivity contribution is 9.10. The number of ether oxygens (including phenoxy) is 2. The molecule has 0 atom stereocenters. The molecule has 5 heteroatoms. The number of nitrogens with two attached hydrogens (primary N) is 1. The predicted molar refractivity (Wildman–Crippen MR) is 77.6 cm³/mol. The Bertz CT molecular complexity index is 459. The highest BCUT2D eigenvalue weighted by Crippen LogP contribution is 2.36. The van der Waals surface area contributed by atoms with Crippen molar-refractivity contribution >= 4 is 15.9 Å². The van der Waals surface area contributed by atoms with Crippen LogP contribution in [0.25, 0.3) is 0 Å². The molecular weight excluding hydrogens is 308 g/mol. The number of rotatable bonds is 2. The molecule has 0 saturated carbocycles. The van der Waals surface area contributed by atoms with Crippen molar-refractivity contribution in [2.75, 3.05) is 26.3 Å². The fraction of sp³-hybridized carbons (Fsp3) is 0.571. The minimum atomic E-state index is 0.375. The van der Waals surface area contributed by atoms with Gasteiger partial charge >= 0.3 is 0 Å². The lowest BCUT2D eigenvalue weighted by molar-refractivity contribution is 0.170. The zero-order valence-electron chi connectivity index (χ0n) is 10.9. The second kappa shape index (κ2) is 5.69. The van der Waals surface area contributed by atoms with Gasteiger partial charge in [-0.25, -0.2) is 0 Å². The summed E-state index contributed by atoms with van der Waals surface area (Å²) >= 11 is 3.63. The van der Waals surface area contributed by atoms with Gasteiger partial charge in [0.2, 0.25) is 0 Å². The van der Waals surface area contributed by atoms with Crippen LogP contribution >= 0.6 is 15.9 Å². The van der Waals surface area contributed by atoms with E-state index in [0.29, 0.717) is 19.3 Å². The molecule has 19 heavy (non-hydrogen) atoms. The van der Waals surface area contributed by atoms with E-state index in [1.807, 2.05) is 6.07 Å². The molecular formula is C14H19BrN2O2. The molecule has 0 radical (unpaired) electrons. The van der Waals surface area contributed by atoms with E-state index in [1.165, 1.54) is 5.56 Å². The van der Waals surface area contributed by atoms with Gasteiger partial charge in [0.25, 0.3) is 0 Å². The number of nitrogens with zero attached hydrogens (tertiary/aromatic N) is 1. The van der Waals surface area contributed by atoms with Crippen LogP contribution in [0.15, 0.2) is 16.6 Å². The first-order chi connectivity index (χ1) is 9.22. The molecule has 1 aromatic rings. The first-order valence-electron chi connectivity index (χ1n) is 6.78. The summed E-state index contributed by atoms with van der Waals surface area (Å²) in [5, 5.41) is 0. The standard InChI is InChI=1S/C14H19BrN2O2/c15-12-8-14-13(18-5-6-19-14)7-10(12)9-17-3-1-11(16)2-4-17/h7-8,11H,1-6,9,16H2. The summed E-state index contributed by atoms with van der Waals surface area (Å²) in [4.78, 5) is 2.44. The van der Waals surface area contributed by atoms with Crippen molar-refractivity contribution in [1.82, 2.24) is 4.90 Å². The Morgan fingerprint density at radius 3 is 2.47 bits per heavy atom. The number of benzene rings is 1. The van der Waals surface area contributed by atoms with Crippen LogP contribution in [0, 0.1) is 0 Å². The van der Waals surface area contributed by atoms with Gasteiger partial charge < -0.3 is 15.2 Å². The zero-order valence-corrected chi connectivity index (χ0v) is 12.5. The average Bonchev–Trinajstić information content (AvgIpc) is 2.42. The zero-order chi connectivity index (χ0) is 13.2. The lowest BCUT2D eigenvalue weighted by Gasteiger charge is -2.30. The molecule has 0 aromatic heterocycles. The van der Waals surface area contributed by atoms with Crippen molar-refractivity contribution in [3.63, 3.8) is 0 Å². The molecule has 2 heterocycles. The van der Waals surface area contributed by atoms with E-state index in [4.69, 9.17) is 15.2 Å². The largest absolute Gasteiger partial charge is 0.486 e. The summed E-state index contributed by atoms with van der Waals surface area (Å²) < 4.78 is 12.3. The van der Waals surface area contributed by atoms with Gasteiger partial charge in [0.1, 0.15) is 13.2 Å². The van der Waals surface area contributed by atoms with Gasteiger partial charge in [-0.3, -0.25) is 4.90 Å². The quantitative estimate of drug-likeness (QED) is 0.904. The van der Waals surface area contributed by atoms with Gasteiger partial charge in [0.15, 0.2) is 11.5 Å². The highest BCUT2D eigenvalue weighted by atomic mass is 79.9. The van der Waals surface area contributed by atoms with Crippen LogP contribution in [0.5, 0.6) is 11.5 Å². The second-order valence-electron chi connectivity index (χ2n) is 5.20. The predicted octanol–water partition coefficient (Wildman–Crippen LogP) is 2.14. The van der Waals surface area contributed by atoms with Crippen molar-refractivity contribution in [2.45, 2.75) is 25.4 Å². The SMILES string of the molecule is NC1CCN(Cc2cc3c(cc2Br)OCCO3)CC1. The van der Waals surface area contributed by atoms with Crippen LogP contribution in [-0.2, 0) is 6.54 Å². The topological polar surface area (TPSA) is 47.7 Å². The molecule has 1 aromatic carbocycles. The van der Waals surface area contributed by atoms with Crippen LogP contribution in [0.4, 0.5) is 0 Å². The van der Waals surface area contributed by atoms with Crippen LogP contribution in [0.3, 0.4) is 0 Å². The fourth-order valence-corrected chi connectivity index (χ4v) is 3.03. The molecule has 4 nitrogen and oxygen atoms in total. The lowest BCUT2D eigenvalue weighted by atomic mass is 10.1. The molecule has 0 amide bonds. The Morgan fingerprint density at radius 2 is 1.79 bits per heavy atom. The minimum absolute atomic E-state index is 0.375. The number of piperidine rings is 1. The van der Waals surface area contributed by atoms with E-state index >= 15 is 0 Å². The normalized spacial score (nSPS) is 20.5. The number of likely N-dealkylation sites (tertiary alicyclic amines) is 1. The summed E-state index contributed by atoms with van der Waals surface area (Å²) in [7, 11) is 0. The van der Waals surface area contributed by atoms with Gasteiger partial charge in [-0.2, -0.15) is 0 Å². The molecule has 0 aliphatic carbocycles. The summed E-state index contributed by atoms with van der Waals surface area (Å²) in [6, 6.07) is 4.48. The van der Waals surface area contributed by atoms with E-state index in [2.05, 4.69) is 26.9 Å². The molecule has 0 unspecified atom stereocenters. The molecule has 0 bridgehead atoms. The maximum Gasteiger partial charge on any atom is 0.162 e. The molecule has 3 rings (SSSR count). The third-order valence-electron chi connectivity index (χ3n) is 3.74. The molecule has 2 aliphatic rings. The van der Waals surface area contributed by atoms with Crippen LogP contribution < -0.4 is 15.2 Å². The van der Waals surface area contributed by atoms with Crippen LogP contribution in [-0.4, -0.2) is 37.2 Å². The highest BCUT2D eigenvalue weighted by Gasteiger charge is 2.19. The van der Waals surface area contributed by atoms with Gasteiger partial charge in [-0.15, -0.1) is 0 Å². The van der Waals surface area contributed by atoms with Gasteiger partial charge in [0, 0.05) is 17.1 Å². The molecule has 2 N–H and O–H groups in total. The van der Waals surface area contributed by atoms with E-state index < -0.39 is 0 Å². The van der Waals surface area contributed by atoms with Crippen molar-refractivity contribution in [3.8, 4) is 11.5 Å². The number of fused-ring (bicyclic) bond motifs is 1. The van der Waals surface area contributed by atoms with Crippen molar-refractivity contribution in [3.05, 3.63) is 22.2 Å². The van der Waals surface area contributed by atoms with E-state index in [0.717, 1.165) is 48.4 Å². The smallest absolute Gasteiger partial charge is 0.162 e. The summed E-state index contributed by atoms with van der Waals surface area (Å²) in [5.74, 6) is 1.70. The van der Waals surface area contributed by atoms with E-state index in [9.17, 15) is 0 Å². The first-order valence-corrected chi connectivity index (χ1v) is 7.57. The van der Waals surface area contributed by atoms with Gasteiger partial charge in [0.05, 0.1) is 0 Å². The lowest BCUT2D eigenvalue weighted by Crippen LogP contribution is -2.39. The minimum Gasteiger partial charge on any atom is -0.486 e. The summed E-state index contributed by atoms with van der Waals surface area (Å²) in [6.07, 6.45) is 2.17. The average molecular weight is 327 g/mol. The summed E-state index contributed by atoms with van der Waals surface area (Å²) in [6.45, 7) is 4.34. The summed E-state index contributed by atoms with van der Waals surface area (Å²) in [5.41, 5.74) is 7.19. The monoisotopic (exact) mass is 326 g/mol. The Kier molecular flexibility index (Phi) is 3.96. The molecule has 104 valence electrons. The van der Waals surface area contributed by atoms with Crippen LogP contribution in [0.1, 0.15) is 18.4 Å². The molecule has 1 fully saturated rings. The third-order valence-corrected chi connectivity index (χ3v) is 4.48. The Labute approximate surface area is 122 Å². The number of hydrogen-bond donors (Lipinski definition) is 1. The number of hydrogen-bond acceptors (Lipinski definition) is 4. The maximum absolute atomic E-state index is 5.94. The van der Waals surface area contributed by atoms with Crippen LogP contribution in [0.2, 0.25) is 0 Å². The number of halogens is 1. The molecule has 1 saturated heterocycles. The first kappa shape index (κ1) is 13.2.